The van der Waals surface area contributed by atoms with E-state index in [-0.39, 0.29) is 5.41 Å². The van der Waals surface area contributed by atoms with Crippen molar-refractivity contribution in [1.29, 1.82) is 0 Å². The van der Waals surface area contributed by atoms with E-state index in [2.05, 4.69) is 44.7 Å². The molecule has 0 radical (unpaired) electrons. The average Bonchev–Trinajstić information content (AvgIpc) is 2.41. The van der Waals surface area contributed by atoms with E-state index in [0.717, 1.165) is 5.75 Å². The molecular formula is C15H22S. The number of hydrogen-bond donors (Lipinski definition) is 0. The van der Waals surface area contributed by atoms with Gasteiger partial charge in [0.2, 0.25) is 0 Å². The minimum absolute atomic E-state index is 0.233. The molecule has 0 spiro atoms. The predicted octanol–water partition coefficient (Wildman–Crippen LogP) is 5.00. The molecule has 0 nitrogen and oxygen atoms in total. The fourth-order valence-electron chi connectivity index (χ4n) is 1.81. The van der Waals surface area contributed by atoms with E-state index in [9.17, 15) is 0 Å². The lowest BCUT2D eigenvalue weighted by atomic mass is 9.82. The van der Waals surface area contributed by atoms with E-state index >= 15 is 0 Å². The van der Waals surface area contributed by atoms with E-state index in [1.54, 1.807) is 0 Å². The Morgan fingerprint density at radius 1 is 1.19 bits per heavy atom. The van der Waals surface area contributed by atoms with Crippen molar-refractivity contribution in [3.63, 3.8) is 0 Å². The van der Waals surface area contributed by atoms with Crippen LogP contribution >= 0.6 is 11.8 Å². The first-order valence-electron chi connectivity index (χ1n) is 5.97. The highest BCUT2D eigenvalue weighted by Gasteiger charge is 2.26. The zero-order valence-corrected chi connectivity index (χ0v) is 11.7. The Balaban J connectivity index is 0.000000606. The molecule has 0 unspecified atom stereocenters. The Hall–Kier alpha value is -0.690. The first-order valence-corrected chi connectivity index (χ1v) is 7.12. The molecule has 1 aromatic carbocycles. The van der Waals surface area contributed by atoms with Gasteiger partial charge in [-0.3, -0.25) is 0 Å². The van der Waals surface area contributed by atoms with Crippen LogP contribution in [0.2, 0.25) is 0 Å². The number of rotatable bonds is 0. The van der Waals surface area contributed by atoms with Crippen molar-refractivity contribution in [2.75, 3.05) is 5.75 Å². The maximum atomic E-state index is 4.25. The zero-order valence-electron chi connectivity index (χ0n) is 10.8. The fourth-order valence-corrected chi connectivity index (χ4v) is 3.07. The third-order valence-corrected chi connectivity index (χ3v) is 4.32. The van der Waals surface area contributed by atoms with Crippen LogP contribution in [0.5, 0.6) is 0 Å². The summed E-state index contributed by atoms with van der Waals surface area (Å²) in [7, 11) is 0. The van der Waals surface area contributed by atoms with Gasteiger partial charge in [0.05, 0.1) is 0 Å². The highest BCUT2D eigenvalue weighted by atomic mass is 32.2. The maximum absolute atomic E-state index is 4.25. The van der Waals surface area contributed by atoms with Crippen molar-refractivity contribution in [2.24, 2.45) is 5.41 Å². The number of hydrogen-bond acceptors (Lipinski definition) is 1. The van der Waals surface area contributed by atoms with Crippen LogP contribution < -0.4 is 0 Å². The van der Waals surface area contributed by atoms with E-state index < -0.39 is 0 Å². The van der Waals surface area contributed by atoms with Crippen molar-refractivity contribution in [1.82, 2.24) is 0 Å². The number of thioether (sulfide) groups is 1. The Kier molecular flexibility index (Phi) is 4.67. The lowest BCUT2D eigenvalue weighted by Crippen LogP contribution is -2.15. The van der Waals surface area contributed by atoms with E-state index in [4.69, 9.17) is 0 Å². The van der Waals surface area contributed by atoms with Gasteiger partial charge in [-0.1, -0.05) is 58.5 Å². The summed E-state index contributed by atoms with van der Waals surface area (Å²) in [4.78, 5) is 0. The van der Waals surface area contributed by atoms with Crippen LogP contribution in [0.4, 0.5) is 0 Å². The second-order valence-corrected chi connectivity index (χ2v) is 5.50. The summed E-state index contributed by atoms with van der Waals surface area (Å²) in [6.07, 6.45) is 0. The largest absolute Gasteiger partial charge is 0.156 e. The Morgan fingerprint density at radius 3 is 2.50 bits per heavy atom. The summed E-state index contributed by atoms with van der Waals surface area (Å²) in [6, 6.07) is 8.64. The smallest absolute Gasteiger partial charge is 0.0190 e. The summed E-state index contributed by atoms with van der Waals surface area (Å²) in [5.41, 5.74) is 4.32. The van der Waals surface area contributed by atoms with Gasteiger partial charge in [-0.15, -0.1) is 0 Å². The monoisotopic (exact) mass is 234 g/mol. The summed E-state index contributed by atoms with van der Waals surface area (Å²) in [5.74, 6) is 2.29. The molecule has 1 aromatic rings. The second kappa shape index (κ2) is 5.58. The van der Waals surface area contributed by atoms with E-state index in [0.29, 0.717) is 0 Å². The van der Waals surface area contributed by atoms with Gasteiger partial charge in [-0.25, -0.2) is 0 Å². The van der Waals surface area contributed by atoms with Gasteiger partial charge >= 0.3 is 0 Å². The SMILES string of the molecule is C=C1c2ccccc2CSCC1(C)C.CC. The lowest BCUT2D eigenvalue weighted by molar-refractivity contribution is 0.582. The topological polar surface area (TPSA) is 0 Å². The summed E-state index contributed by atoms with van der Waals surface area (Å²) >= 11 is 2.01. The van der Waals surface area contributed by atoms with Crippen molar-refractivity contribution >= 4 is 17.3 Å². The molecular weight excluding hydrogens is 212 g/mol. The van der Waals surface area contributed by atoms with Gasteiger partial charge in [-0.05, 0) is 22.1 Å². The zero-order chi connectivity index (χ0) is 12.2. The molecule has 0 amide bonds. The third-order valence-electron chi connectivity index (χ3n) is 2.88. The summed E-state index contributed by atoms with van der Waals surface area (Å²) < 4.78 is 0. The summed E-state index contributed by atoms with van der Waals surface area (Å²) in [6.45, 7) is 12.8. The number of benzene rings is 1. The molecule has 0 aliphatic carbocycles. The van der Waals surface area contributed by atoms with Gasteiger partial charge in [0.25, 0.3) is 0 Å². The Bertz CT molecular complexity index is 363. The van der Waals surface area contributed by atoms with Crippen LogP contribution in [0.15, 0.2) is 30.8 Å². The molecule has 0 atom stereocenters. The van der Waals surface area contributed by atoms with Gasteiger partial charge in [0.1, 0.15) is 0 Å². The van der Waals surface area contributed by atoms with Crippen LogP contribution in [0, 0.1) is 5.41 Å². The summed E-state index contributed by atoms with van der Waals surface area (Å²) in [5, 5.41) is 0. The van der Waals surface area contributed by atoms with Crippen LogP contribution in [-0.2, 0) is 5.75 Å². The molecule has 2 rings (SSSR count). The molecule has 88 valence electrons. The fraction of sp³-hybridized carbons (Fsp3) is 0.467. The first-order chi connectivity index (χ1) is 7.61. The molecule has 0 aromatic heterocycles. The van der Waals surface area contributed by atoms with Gasteiger partial charge in [0, 0.05) is 11.5 Å². The van der Waals surface area contributed by atoms with Crippen molar-refractivity contribution < 1.29 is 0 Å². The van der Waals surface area contributed by atoms with Crippen LogP contribution in [0.3, 0.4) is 0 Å². The quantitative estimate of drug-likeness (QED) is 0.609. The molecule has 1 heteroatoms. The Morgan fingerprint density at radius 2 is 1.81 bits per heavy atom. The Labute approximate surface area is 104 Å². The highest BCUT2D eigenvalue weighted by Crippen LogP contribution is 2.41. The first kappa shape index (κ1) is 13.4. The van der Waals surface area contributed by atoms with Crippen molar-refractivity contribution in [3.8, 4) is 0 Å². The normalized spacial score (nSPS) is 17.9. The van der Waals surface area contributed by atoms with Gasteiger partial charge < -0.3 is 0 Å². The molecule has 0 saturated heterocycles. The third kappa shape index (κ3) is 2.70. The van der Waals surface area contributed by atoms with Gasteiger partial charge in [-0.2, -0.15) is 11.8 Å². The number of fused-ring (bicyclic) bond motifs is 1. The van der Waals surface area contributed by atoms with E-state index in [1.807, 2.05) is 25.6 Å². The predicted molar refractivity (Wildman–Crippen MR) is 76.8 cm³/mol. The average molecular weight is 234 g/mol. The molecule has 0 fully saturated rings. The maximum Gasteiger partial charge on any atom is 0.0190 e. The van der Waals surface area contributed by atoms with Crippen LogP contribution in [0.25, 0.3) is 5.57 Å². The molecule has 0 bridgehead atoms. The second-order valence-electron chi connectivity index (χ2n) is 4.51. The molecule has 16 heavy (non-hydrogen) atoms. The molecule has 1 aliphatic rings. The minimum atomic E-state index is 0.233. The van der Waals surface area contributed by atoms with Crippen molar-refractivity contribution in [3.05, 3.63) is 42.0 Å². The molecule has 0 saturated carbocycles. The molecule has 1 heterocycles. The van der Waals surface area contributed by atoms with Crippen LogP contribution in [-0.4, -0.2) is 5.75 Å². The van der Waals surface area contributed by atoms with Gasteiger partial charge in [0.15, 0.2) is 0 Å². The minimum Gasteiger partial charge on any atom is -0.156 e. The standard InChI is InChI=1S/C13H16S.C2H6/c1-10-12-7-5-4-6-11(12)8-14-9-13(10,2)3;1-2/h4-7H,1,8-9H2,2-3H3;1-2H3. The number of allylic oxidation sites excluding steroid dienone is 1. The van der Waals surface area contributed by atoms with Crippen LogP contribution in [0.1, 0.15) is 38.8 Å². The highest BCUT2D eigenvalue weighted by molar-refractivity contribution is 7.98. The van der Waals surface area contributed by atoms with Crippen molar-refractivity contribution in [2.45, 2.75) is 33.4 Å². The van der Waals surface area contributed by atoms with E-state index in [1.165, 1.54) is 22.5 Å². The molecule has 1 aliphatic heterocycles. The molecule has 0 N–H and O–H groups in total. The lowest BCUT2D eigenvalue weighted by Gasteiger charge is -2.25.